The van der Waals surface area contributed by atoms with Crippen molar-refractivity contribution < 1.29 is 29.3 Å². The van der Waals surface area contributed by atoms with Crippen LogP contribution in [0.2, 0.25) is 0 Å². The van der Waals surface area contributed by atoms with Crippen LogP contribution in [0.1, 0.15) is 23.2 Å². The molecule has 2 rings (SSSR count). The number of aromatic carboxylic acids is 1. The molecule has 0 aromatic heterocycles. The lowest BCUT2D eigenvalue weighted by Gasteiger charge is -2.19. The second kappa shape index (κ2) is 10.6. The van der Waals surface area contributed by atoms with Gasteiger partial charge in [0.15, 0.2) is 6.10 Å². The predicted molar refractivity (Wildman–Crippen MR) is 117 cm³/mol. The van der Waals surface area contributed by atoms with E-state index in [1.54, 1.807) is 0 Å². The van der Waals surface area contributed by atoms with Gasteiger partial charge in [-0.2, -0.15) is 0 Å². The first-order valence-corrected chi connectivity index (χ1v) is 11.1. The van der Waals surface area contributed by atoms with Crippen molar-refractivity contribution in [1.82, 2.24) is 0 Å². The fourth-order valence-electron chi connectivity index (χ4n) is 2.23. The van der Waals surface area contributed by atoms with Crippen LogP contribution in [0, 0.1) is 0 Å². The fourth-order valence-corrected chi connectivity index (χ4v) is 4.40. The monoisotopic (exact) mass is 642 g/mol. The number of rotatable bonds is 9. The van der Waals surface area contributed by atoms with E-state index < -0.39 is 18.0 Å². The van der Waals surface area contributed by atoms with Gasteiger partial charge in [-0.3, -0.25) is 0 Å². The molecule has 0 amide bonds. The molecule has 0 aliphatic carbocycles. The number of carboxylic acids is 2. The Balaban J connectivity index is 2.05. The summed E-state index contributed by atoms with van der Waals surface area (Å²) in [5, 5.41) is 18.7. The summed E-state index contributed by atoms with van der Waals surface area (Å²) in [5.41, 5.74) is 0.0137. The van der Waals surface area contributed by atoms with Gasteiger partial charge in [-0.25, -0.2) is 9.59 Å². The van der Waals surface area contributed by atoms with Crippen LogP contribution in [-0.2, 0) is 4.79 Å². The summed E-state index contributed by atoms with van der Waals surface area (Å²) in [6, 6.07) is 8.73. The van der Waals surface area contributed by atoms with Crippen molar-refractivity contribution in [1.29, 1.82) is 0 Å². The molecule has 2 N–H and O–H groups in total. The second-order valence-corrected chi connectivity index (χ2v) is 8.83. The topological polar surface area (TPSA) is 93.1 Å². The van der Waals surface area contributed by atoms with Crippen molar-refractivity contribution >= 4 is 75.7 Å². The van der Waals surface area contributed by atoms with Gasteiger partial charge in [0.05, 0.1) is 30.1 Å². The largest absolute Gasteiger partial charge is 0.492 e. The van der Waals surface area contributed by atoms with E-state index in [4.69, 9.17) is 9.47 Å². The summed E-state index contributed by atoms with van der Waals surface area (Å²) in [7, 11) is 0. The minimum absolute atomic E-state index is 0.0137. The number of ether oxygens (including phenoxy) is 2. The van der Waals surface area contributed by atoms with Crippen LogP contribution < -0.4 is 9.47 Å². The number of para-hydroxylation sites is 1. The third kappa shape index (κ3) is 5.95. The zero-order valence-electron chi connectivity index (χ0n) is 14.1. The maximum atomic E-state index is 11.6. The number of carboxylic acid groups (broad SMARTS) is 2. The summed E-state index contributed by atoms with van der Waals surface area (Å²) in [5.74, 6) is -1.37. The third-order valence-electron chi connectivity index (χ3n) is 3.59. The number of halogens is 4. The predicted octanol–water partition coefficient (Wildman–Crippen LogP) is 6.13. The molecule has 150 valence electrons. The van der Waals surface area contributed by atoms with Crippen LogP contribution in [0.4, 0.5) is 0 Å². The lowest BCUT2D eigenvalue weighted by molar-refractivity contribution is -0.145. The number of hydrogen-bond donors (Lipinski definition) is 2. The first-order valence-electron chi connectivity index (χ1n) is 7.90. The minimum Gasteiger partial charge on any atom is -0.492 e. The van der Waals surface area contributed by atoms with Crippen molar-refractivity contribution in [2.24, 2.45) is 0 Å². The molecule has 0 fully saturated rings. The van der Waals surface area contributed by atoms with Crippen LogP contribution in [0.25, 0.3) is 0 Å². The summed E-state index contributed by atoms with van der Waals surface area (Å²) in [6.07, 6.45) is -0.475. The quantitative estimate of drug-likeness (QED) is 0.252. The van der Waals surface area contributed by atoms with E-state index in [1.165, 1.54) is 6.07 Å². The third-order valence-corrected chi connectivity index (χ3v) is 6.94. The summed E-state index contributed by atoms with van der Waals surface area (Å²) < 4.78 is 13.0. The molecule has 0 aliphatic rings. The van der Waals surface area contributed by atoms with E-state index >= 15 is 0 Å². The van der Waals surface area contributed by atoms with Crippen molar-refractivity contribution in [3.05, 3.63) is 53.8 Å². The maximum absolute atomic E-state index is 11.6. The SMILES string of the molecule is O=C(O)c1cc(Br)c(OC(CCCOc2ccccc2Br)C(=O)O)c(Br)c1Br. The smallest absolute Gasteiger partial charge is 0.344 e. The maximum Gasteiger partial charge on any atom is 0.344 e. The lowest BCUT2D eigenvalue weighted by Crippen LogP contribution is -2.28. The number of carbonyl (C=O) groups is 2. The molecule has 2 aromatic rings. The number of benzene rings is 2. The van der Waals surface area contributed by atoms with E-state index in [0.29, 0.717) is 27.7 Å². The standard InChI is InChI=1S/C18H14Br4O6/c19-10-4-1-2-5-12(10)27-7-3-6-13(18(25)26)28-16-11(20)8-9(17(23)24)14(21)15(16)22/h1-2,4-5,8,13H,3,6-7H2,(H,23,24)(H,25,26). The highest BCUT2D eigenvalue weighted by Gasteiger charge is 2.25. The number of aliphatic carboxylic acids is 1. The molecule has 0 aliphatic heterocycles. The van der Waals surface area contributed by atoms with Crippen molar-refractivity contribution in [2.75, 3.05) is 6.61 Å². The van der Waals surface area contributed by atoms with Crippen LogP contribution in [0.5, 0.6) is 11.5 Å². The fraction of sp³-hybridized carbons (Fsp3) is 0.222. The van der Waals surface area contributed by atoms with Crippen molar-refractivity contribution in [3.63, 3.8) is 0 Å². The molecule has 0 saturated carbocycles. The summed E-state index contributed by atoms with van der Waals surface area (Å²) in [6.45, 7) is 0.319. The Hall–Kier alpha value is -1.10. The highest BCUT2D eigenvalue weighted by molar-refractivity contribution is 9.13. The molecule has 0 heterocycles. The Bertz CT molecular complexity index is 887. The van der Waals surface area contributed by atoms with Gasteiger partial charge in [0.1, 0.15) is 11.5 Å². The van der Waals surface area contributed by atoms with Gasteiger partial charge >= 0.3 is 11.9 Å². The molecular formula is C18H14Br4O6. The zero-order valence-corrected chi connectivity index (χ0v) is 20.5. The zero-order chi connectivity index (χ0) is 20.8. The van der Waals surface area contributed by atoms with Gasteiger partial charge in [0.2, 0.25) is 0 Å². The van der Waals surface area contributed by atoms with Crippen LogP contribution >= 0.6 is 63.7 Å². The van der Waals surface area contributed by atoms with Gasteiger partial charge in [0.25, 0.3) is 0 Å². The molecule has 28 heavy (non-hydrogen) atoms. The average Bonchev–Trinajstić information content (AvgIpc) is 2.64. The highest BCUT2D eigenvalue weighted by Crippen LogP contribution is 2.42. The molecular weight excluding hydrogens is 632 g/mol. The number of hydrogen-bond acceptors (Lipinski definition) is 4. The van der Waals surface area contributed by atoms with Crippen LogP contribution in [-0.4, -0.2) is 34.9 Å². The Labute approximate surface area is 194 Å². The Morgan fingerprint density at radius 2 is 1.68 bits per heavy atom. The van der Waals surface area contributed by atoms with Crippen molar-refractivity contribution in [3.8, 4) is 11.5 Å². The molecule has 10 heteroatoms. The second-order valence-electron chi connectivity index (χ2n) is 5.53. The van der Waals surface area contributed by atoms with E-state index in [9.17, 15) is 19.8 Å². The normalized spacial score (nSPS) is 11.7. The molecule has 0 spiro atoms. The van der Waals surface area contributed by atoms with Gasteiger partial charge in [0, 0.05) is 0 Å². The first kappa shape index (κ1) is 23.2. The molecule has 6 nitrogen and oxygen atoms in total. The molecule has 0 saturated heterocycles. The molecule has 0 radical (unpaired) electrons. The molecule has 1 atom stereocenters. The van der Waals surface area contributed by atoms with E-state index in [-0.39, 0.29) is 22.2 Å². The highest BCUT2D eigenvalue weighted by atomic mass is 79.9. The molecule has 2 aromatic carbocycles. The van der Waals surface area contributed by atoms with Gasteiger partial charge in [-0.15, -0.1) is 0 Å². The lowest BCUT2D eigenvalue weighted by atomic mass is 10.2. The van der Waals surface area contributed by atoms with E-state index in [1.807, 2.05) is 24.3 Å². The molecule has 1 unspecified atom stereocenters. The summed E-state index contributed by atoms with van der Waals surface area (Å²) >= 11 is 13.1. The minimum atomic E-state index is -1.13. The van der Waals surface area contributed by atoms with E-state index in [2.05, 4.69) is 63.7 Å². The van der Waals surface area contributed by atoms with Gasteiger partial charge in [-0.05, 0) is 94.8 Å². The van der Waals surface area contributed by atoms with Crippen molar-refractivity contribution in [2.45, 2.75) is 18.9 Å². The van der Waals surface area contributed by atoms with E-state index in [0.717, 1.165) is 4.47 Å². The Morgan fingerprint density at radius 3 is 2.29 bits per heavy atom. The van der Waals surface area contributed by atoms with Crippen LogP contribution in [0.15, 0.2) is 48.2 Å². The van der Waals surface area contributed by atoms with Crippen LogP contribution in [0.3, 0.4) is 0 Å². The first-order chi connectivity index (χ1) is 13.2. The summed E-state index contributed by atoms with van der Waals surface area (Å²) in [4.78, 5) is 22.9. The molecule has 0 bridgehead atoms. The average molecular weight is 646 g/mol. The van der Waals surface area contributed by atoms with Gasteiger partial charge < -0.3 is 19.7 Å². The Morgan fingerprint density at radius 1 is 1.00 bits per heavy atom. The Kier molecular flexibility index (Phi) is 8.79. The van der Waals surface area contributed by atoms with Gasteiger partial charge in [-0.1, -0.05) is 12.1 Å².